The number of amides is 1. The van der Waals surface area contributed by atoms with Crippen LogP contribution in [0.1, 0.15) is 37.7 Å². The minimum atomic E-state index is -3.58. The van der Waals surface area contributed by atoms with E-state index in [1.165, 1.54) is 4.31 Å². The Kier molecular flexibility index (Phi) is 4.91. The molecule has 0 atom stereocenters. The standard InChI is InChI=1S/C21H24N2O3S/c24-21(16-7-4-5-8-16)22-18-12-13-20-17(15-18)9-6-14-23(20)27(25,26)19-10-2-1-3-11-19/h1-3,10-13,15-16H,4-9,14H2,(H,22,24). The first-order valence-corrected chi connectivity index (χ1v) is 11.0. The van der Waals surface area contributed by atoms with Crippen molar-refractivity contribution in [2.75, 3.05) is 16.2 Å². The summed E-state index contributed by atoms with van der Waals surface area (Å²) in [5.74, 6) is 0.188. The van der Waals surface area contributed by atoms with E-state index >= 15 is 0 Å². The first-order chi connectivity index (χ1) is 13.1. The van der Waals surface area contributed by atoms with E-state index in [0.717, 1.165) is 49.8 Å². The molecule has 4 rings (SSSR count). The lowest BCUT2D eigenvalue weighted by atomic mass is 10.0. The van der Waals surface area contributed by atoms with Gasteiger partial charge in [0.2, 0.25) is 5.91 Å². The zero-order valence-corrected chi connectivity index (χ0v) is 16.0. The second kappa shape index (κ2) is 7.35. The number of nitrogens with zero attached hydrogens (tertiary/aromatic N) is 1. The third kappa shape index (κ3) is 3.58. The fourth-order valence-electron chi connectivity index (χ4n) is 4.04. The molecule has 6 heteroatoms. The fraction of sp³-hybridized carbons (Fsp3) is 0.381. The van der Waals surface area contributed by atoms with E-state index in [1.807, 2.05) is 24.3 Å². The molecule has 0 radical (unpaired) electrons. The van der Waals surface area contributed by atoms with Gasteiger partial charge in [0.15, 0.2) is 0 Å². The number of hydrogen-bond donors (Lipinski definition) is 1. The summed E-state index contributed by atoms with van der Waals surface area (Å²) in [5.41, 5.74) is 2.43. The zero-order chi connectivity index (χ0) is 18.9. The van der Waals surface area contributed by atoms with Crippen molar-refractivity contribution in [1.82, 2.24) is 0 Å². The molecule has 2 aromatic rings. The van der Waals surface area contributed by atoms with Gasteiger partial charge in [0.25, 0.3) is 10.0 Å². The molecule has 2 aromatic carbocycles. The predicted octanol–water partition coefficient (Wildman–Crippen LogP) is 3.96. The summed E-state index contributed by atoms with van der Waals surface area (Å²) in [5, 5.41) is 3.01. The molecular formula is C21H24N2O3S. The van der Waals surface area contributed by atoms with Crippen LogP contribution in [0.3, 0.4) is 0 Å². The van der Waals surface area contributed by atoms with Crippen molar-refractivity contribution in [2.24, 2.45) is 5.92 Å². The van der Waals surface area contributed by atoms with Crippen molar-refractivity contribution in [3.63, 3.8) is 0 Å². The summed E-state index contributed by atoms with van der Waals surface area (Å²) < 4.78 is 27.6. The van der Waals surface area contributed by atoms with Crippen LogP contribution >= 0.6 is 0 Å². The number of benzene rings is 2. The Bertz CT molecular complexity index is 935. The molecule has 142 valence electrons. The second-order valence-electron chi connectivity index (χ2n) is 7.31. The van der Waals surface area contributed by atoms with Crippen molar-refractivity contribution >= 4 is 27.3 Å². The highest BCUT2D eigenvalue weighted by atomic mass is 32.2. The number of carbonyl (C=O) groups excluding carboxylic acids is 1. The minimum Gasteiger partial charge on any atom is -0.326 e. The largest absolute Gasteiger partial charge is 0.326 e. The molecule has 2 aliphatic rings. The number of fused-ring (bicyclic) bond motifs is 1. The lowest BCUT2D eigenvalue weighted by Crippen LogP contribution is -2.35. The summed E-state index contributed by atoms with van der Waals surface area (Å²) >= 11 is 0. The molecule has 0 unspecified atom stereocenters. The van der Waals surface area contributed by atoms with Crippen LogP contribution in [0.2, 0.25) is 0 Å². The van der Waals surface area contributed by atoms with Gasteiger partial charge in [0.1, 0.15) is 0 Å². The van der Waals surface area contributed by atoms with Crippen LogP contribution in [0.4, 0.5) is 11.4 Å². The predicted molar refractivity (Wildman–Crippen MR) is 106 cm³/mol. The summed E-state index contributed by atoms with van der Waals surface area (Å²) in [6, 6.07) is 14.1. The summed E-state index contributed by atoms with van der Waals surface area (Å²) in [6.07, 6.45) is 5.73. The number of rotatable bonds is 4. The molecule has 1 heterocycles. The molecule has 0 saturated heterocycles. The van der Waals surface area contributed by atoms with Crippen LogP contribution in [-0.4, -0.2) is 20.9 Å². The molecule has 1 aliphatic carbocycles. The average molecular weight is 385 g/mol. The summed E-state index contributed by atoms with van der Waals surface area (Å²) in [6.45, 7) is 0.470. The maximum absolute atomic E-state index is 13.0. The zero-order valence-electron chi connectivity index (χ0n) is 15.2. The fourth-order valence-corrected chi connectivity index (χ4v) is 5.60. The molecular weight excluding hydrogens is 360 g/mol. The third-order valence-corrected chi connectivity index (χ3v) is 7.31. The molecule has 1 saturated carbocycles. The third-order valence-electron chi connectivity index (χ3n) is 5.48. The van der Waals surface area contributed by atoms with Crippen molar-refractivity contribution in [3.05, 3.63) is 54.1 Å². The number of nitrogens with one attached hydrogen (secondary N) is 1. The van der Waals surface area contributed by atoms with E-state index in [2.05, 4.69) is 5.32 Å². The highest BCUT2D eigenvalue weighted by Gasteiger charge is 2.29. The van der Waals surface area contributed by atoms with E-state index < -0.39 is 10.0 Å². The average Bonchev–Trinajstić information content (AvgIpc) is 3.23. The number of sulfonamides is 1. The van der Waals surface area contributed by atoms with Crippen molar-refractivity contribution in [1.29, 1.82) is 0 Å². The number of anilines is 2. The van der Waals surface area contributed by atoms with Crippen molar-refractivity contribution < 1.29 is 13.2 Å². The van der Waals surface area contributed by atoms with E-state index in [0.29, 0.717) is 17.1 Å². The van der Waals surface area contributed by atoms with Gasteiger partial charge in [-0.2, -0.15) is 0 Å². The van der Waals surface area contributed by atoms with Crippen LogP contribution < -0.4 is 9.62 Å². The Morgan fingerprint density at radius 1 is 1.00 bits per heavy atom. The first kappa shape index (κ1) is 18.0. The van der Waals surface area contributed by atoms with Crippen LogP contribution in [0, 0.1) is 5.92 Å². The van der Waals surface area contributed by atoms with Gasteiger partial charge < -0.3 is 5.32 Å². The van der Waals surface area contributed by atoms with Gasteiger partial charge in [-0.15, -0.1) is 0 Å². The van der Waals surface area contributed by atoms with E-state index in [-0.39, 0.29) is 11.8 Å². The Labute approximate surface area is 160 Å². The lowest BCUT2D eigenvalue weighted by molar-refractivity contribution is -0.119. The van der Waals surface area contributed by atoms with Crippen LogP contribution in [0.5, 0.6) is 0 Å². The number of aryl methyl sites for hydroxylation is 1. The van der Waals surface area contributed by atoms with Gasteiger partial charge in [-0.3, -0.25) is 9.10 Å². The highest BCUT2D eigenvalue weighted by Crippen LogP contribution is 2.34. The normalized spacial score (nSPS) is 17.6. The molecule has 0 aromatic heterocycles. The van der Waals surface area contributed by atoms with E-state index in [4.69, 9.17) is 0 Å². The SMILES string of the molecule is O=C(Nc1ccc2c(c1)CCCN2S(=O)(=O)c1ccccc1)C1CCCC1. The quantitative estimate of drug-likeness (QED) is 0.868. The van der Waals surface area contributed by atoms with Gasteiger partial charge >= 0.3 is 0 Å². The van der Waals surface area contributed by atoms with Gasteiger partial charge in [-0.05, 0) is 61.6 Å². The van der Waals surface area contributed by atoms with Crippen molar-refractivity contribution in [2.45, 2.75) is 43.4 Å². The summed E-state index contributed by atoms with van der Waals surface area (Å²) in [7, 11) is -3.58. The molecule has 27 heavy (non-hydrogen) atoms. The number of hydrogen-bond acceptors (Lipinski definition) is 3. The smallest absolute Gasteiger partial charge is 0.264 e. The molecule has 1 fully saturated rings. The molecule has 0 spiro atoms. The van der Waals surface area contributed by atoms with Gasteiger partial charge in [0.05, 0.1) is 10.6 Å². The van der Waals surface area contributed by atoms with Crippen LogP contribution in [0.25, 0.3) is 0 Å². The van der Waals surface area contributed by atoms with Gasteiger partial charge in [0, 0.05) is 18.2 Å². The minimum absolute atomic E-state index is 0.0806. The molecule has 0 bridgehead atoms. The lowest BCUT2D eigenvalue weighted by Gasteiger charge is -2.31. The Morgan fingerprint density at radius 3 is 2.48 bits per heavy atom. The van der Waals surface area contributed by atoms with Gasteiger partial charge in [-0.1, -0.05) is 31.0 Å². The molecule has 1 N–H and O–H groups in total. The molecule has 5 nitrogen and oxygen atoms in total. The Hall–Kier alpha value is -2.34. The molecule has 1 aliphatic heterocycles. The number of carbonyl (C=O) groups is 1. The first-order valence-electron chi connectivity index (χ1n) is 9.57. The van der Waals surface area contributed by atoms with Crippen molar-refractivity contribution in [3.8, 4) is 0 Å². The monoisotopic (exact) mass is 384 g/mol. The maximum atomic E-state index is 13.0. The van der Waals surface area contributed by atoms with E-state index in [9.17, 15) is 13.2 Å². The Morgan fingerprint density at radius 2 is 1.74 bits per heavy atom. The van der Waals surface area contributed by atoms with E-state index in [1.54, 1.807) is 24.3 Å². The Balaban J connectivity index is 1.59. The van der Waals surface area contributed by atoms with Gasteiger partial charge in [-0.25, -0.2) is 8.42 Å². The maximum Gasteiger partial charge on any atom is 0.264 e. The molecule has 1 amide bonds. The van der Waals surface area contributed by atoms with Crippen LogP contribution in [0.15, 0.2) is 53.4 Å². The summed E-state index contributed by atoms with van der Waals surface area (Å²) in [4.78, 5) is 12.7. The highest BCUT2D eigenvalue weighted by molar-refractivity contribution is 7.92. The second-order valence-corrected chi connectivity index (χ2v) is 9.17. The van der Waals surface area contributed by atoms with Crippen LogP contribution in [-0.2, 0) is 21.2 Å². The topological polar surface area (TPSA) is 66.5 Å².